The minimum Gasteiger partial charge on any atom is -0.506 e. The Morgan fingerprint density at radius 3 is 1.94 bits per heavy atom. The fraction of sp³-hybridized carbons (Fsp3) is 0.400. The number of hydrogen-bond acceptors (Lipinski definition) is 6. The van der Waals surface area contributed by atoms with E-state index in [0.29, 0.717) is 40.2 Å². The van der Waals surface area contributed by atoms with Crippen LogP contribution in [0.25, 0.3) is 21.8 Å². The number of carbonyl (C=O) groups excluding carboxylic acids is 2. The first-order valence-corrected chi connectivity index (χ1v) is 10.7. The Balaban J connectivity index is 2.16. The number of benzene rings is 2. The molecule has 0 fully saturated rings. The number of Topliss-reactive ketones (excluding diaryl/α,β-unsaturated/α-hetero) is 2. The first-order valence-electron chi connectivity index (χ1n) is 10.7. The Morgan fingerprint density at radius 1 is 0.806 bits per heavy atom. The first-order chi connectivity index (χ1) is 14.6. The van der Waals surface area contributed by atoms with Gasteiger partial charge in [0, 0.05) is 16.3 Å². The van der Waals surface area contributed by atoms with Crippen molar-refractivity contribution in [2.75, 3.05) is 0 Å². The van der Waals surface area contributed by atoms with E-state index in [1.165, 1.54) is 6.07 Å². The lowest BCUT2D eigenvalue weighted by Crippen LogP contribution is -2.37. The number of aliphatic hydroxyl groups is 2. The minimum atomic E-state index is -1.54. The summed E-state index contributed by atoms with van der Waals surface area (Å²) in [4.78, 5) is 30.2. The van der Waals surface area contributed by atoms with E-state index in [1.54, 1.807) is 58.0 Å². The van der Waals surface area contributed by atoms with Crippen molar-refractivity contribution in [3.8, 4) is 5.75 Å². The highest BCUT2D eigenvalue weighted by Gasteiger charge is 2.35. The van der Waals surface area contributed by atoms with Crippen LogP contribution in [0.15, 0.2) is 36.4 Å². The van der Waals surface area contributed by atoms with E-state index in [0.717, 1.165) is 0 Å². The Kier molecular flexibility index (Phi) is 6.16. The standard InChI is InChI=1S/C25H29NO5/c1-5-24(30,6-2)22(28)15-9-11-19-16(13-15)14-18-20(26-19)12-10-17(21(18)27)23(29)25(31,7-3)8-4/h9-14,27,30-31H,5-8H2,1-4H3. The van der Waals surface area contributed by atoms with Crippen LogP contribution < -0.4 is 0 Å². The van der Waals surface area contributed by atoms with Crippen LogP contribution >= 0.6 is 0 Å². The fourth-order valence-electron chi connectivity index (χ4n) is 3.88. The van der Waals surface area contributed by atoms with Gasteiger partial charge in [0.1, 0.15) is 17.0 Å². The normalized spacial score (nSPS) is 12.5. The summed E-state index contributed by atoms with van der Waals surface area (Å²) in [7, 11) is 0. The fourth-order valence-corrected chi connectivity index (χ4v) is 3.88. The summed E-state index contributed by atoms with van der Waals surface area (Å²) in [5.74, 6) is -1.13. The molecule has 0 atom stereocenters. The Morgan fingerprint density at radius 2 is 1.35 bits per heavy atom. The van der Waals surface area contributed by atoms with Crippen LogP contribution in [0.1, 0.15) is 74.1 Å². The molecular weight excluding hydrogens is 394 g/mol. The summed E-state index contributed by atoms with van der Waals surface area (Å²) in [6.07, 6.45) is 1.08. The van der Waals surface area contributed by atoms with Crippen LogP contribution in [-0.4, -0.2) is 43.1 Å². The third-order valence-corrected chi connectivity index (χ3v) is 6.45. The zero-order chi connectivity index (χ0) is 23.0. The average molecular weight is 424 g/mol. The monoisotopic (exact) mass is 423 g/mol. The number of phenols is 1. The molecule has 164 valence electrons. The largest absolute Gasteiger partial charge is 0.506 e. The summed E-state index contributed by atoms with van der Waals surface area (Å²) < 4.78 is 0. The lowest BCUT2D eigenvalue weighted by atomic mass is 9.86. The highest BCUT2D eigenvalue weighted by atomic mass is 16.3. The number of hydrogen-bond donors (Lipinski definition) is 3. The second-order valence-electron chi connectivity index (χ2n) is 8.06. The summed E-state index contributed by atoms with van der Waals surface area (Å²) in [5, 5.41) is 33.0. The molecule has 0 bridgehead atoms. The van der Waals surface area contributed by atoms with E-state index in [-0.39, 0.29) is 29.9 Å². The summed E-state index contributed by atoms with van der Waals surface area (Å²) in [6.45, 7) is 6.98. The van der Waals surface area contributed by atoms with Crippen molar-refractivity contribution in [1.82, 2.24) is 4.98 Å². The molecule has 0 amide bonds. The van der Waals surface area contributed by atoms with E-state index in [9.17, 15) is 24.9 Å². The topological polar surface area (TPSA) is 108 Å². The Labute approximate surface area is 181 Å². The maximum atomic E-state index is 12.9. The molecule has 1 aromatic heterocycles. The molecule has 6 heteroatoms. The zero-order valence-corrected chi connectivity index (χ0v) is 18.4. The van der Waals surface area contributed by atoms with Gasteiger partial charge in [-0.05, 0) is 62.1 Å². The maximum absolute atomic E-state index is 12.9. The second kappa shape index (κ2) is 8.36. The van der Waals surface area contributed by atoms with Gasteiger partial charge in [0.25, 0.3) is 0 Å². The van der Waals surface area contributed by atoms with Gasteiger partial charge in [0.15, 0.2) is 11.6 Å². The molecular formula is C25H29NO5. The van der Waals surface area contributed by atoms with Crippen LogP contribution in [0, 0.1) is 0 Å². The van der Waals surface area contributed by atoms with Crippen molar-refractivity contribution < 1.29 is 24.9 Å². The molecule has 0 aliphatic rings. The first kappa shape index (κ1) is 22.8. The van der Waals surface area contributed by atoms with Crippen molar-refractivity contribution in [2.45, 2.75) is 64.6 Å². The third-order valence-electron chi connectivity index (χ3n) is 6.45. The third kappa shape index (κ3) is 3.82. The number of rotatable bonds is 8. The molecule has 3 N–H and O–H groups in total. The highest BCUT2D eigenvalue weighted by Crippen LogP contribution is 2.34. The summed E-state index contributed by atoms with van der Waals surface area (Å²) in [5.41, 5.74) is -1.45. The molecule has 2 aromatic carbocycles. The quantitative estimate of drug-likeness (QED) is 0.362. The highest BCUT2D eigenvalue weighted by molar-refractivity contribution is 6.10. The van der Waals surface area contributed by atoms with Crippen LogP contribution in [0.4, 0.5) is 0 Å². The zero-order valence-electron chi connectivity index (χ0n) is 18.4. The smallest absolute Gasteiger partial charge is 0.198 e. The molecule has 0 aliphatic carbocycles. The Bertz CT molecular complexity index is 1160. The molecule has 0 saturated heterocycles. The molecule has 0 aliphatic heterocycles. The van der Waals surface area contributed by atoms with Gasteiger partial charge in [-0.15, -0.1) is 0 Å². The van der Waals surface area contributed by atoms with Gasteiger partial charge in [-0.2, -0.15) is 0 Å². The van der Waals surface area contributed by atoms with Gasteiger partial charge < -0.3 is 15.3 Å². The number of ketones is 2. The number of carbonyl (C=O) groups is 2. The molecule has 0 spiro atoms. The van der Waals surface area contributed by atoms with Gasteiger partial charge >= 0.3 is 0 Å². The predicted octanol–water partition coefficient (Wildman–Crippen LogP) is 4.56. The molecule has 31 heavy (non-hydrogen) atoms. The van der Waals surface area contributed by atoms with E-state index >= 15 is 0 Å². The van der Waals surface area contributed by atoms with E-state index in [2.05, 4.69) is 4.98 Å². The molecule has 1 heterocycles. The van der Waals surface area contributed by atoms with Crippen molar-refractivity contribution in [3.05, 3.63) is 47.5 Å². The molecule has 0 saturated carbocycles. The van der Waals surface area contributed by atoms with E-state index in [4.69, 9.17) is 0 Å². The molecule has 0 radical (unpaired) electrons. The van der Waals surface area contributed by atoms with Gasteiger partial charge in [-0.25, -0.2) is 4.98 Å². The van der Waals surface area contributed by atoms with Gasteiger partial charge in [-0.1, -0.05) is 27.7 Å². The molecule has 0 unspecified atom stereocenters. The summed E-state index contributed by atoms with van der Waals surface area (Å²) >= 11 is 0. The Hall–Kier alpha value is -2.83. The lowest BCUT2D eigenvalue weighted by Gasteiger charge is -2.24. The number of phenolic OH excluding ortho intramolecular Hbond substituents is 1. The van der Waals surface area contributed by atoms with Crippen LogP contribution in [0.5, 0.6) is 5.75 Å². The number of nitrogens with zero attached hydrogens (tertiary/aromatic N) is 1. The van der Waals surface area contributed by atoms with Crippen molar-refractivity contribution in [2.24, 2.45) is 0 Å². The molecule has 3 rings (SSSR count). The lowest BCUT2D eigenvalue weighted by molar-refractivity contribution is 0.0275. The number of aromatic nitrogens is 1. The number of pyridine rings is 1. The van der Waals surface area contributed by atoms with Crippen LogP contribution in [-0.2, 0) is 0 Å². The molecule has 6 nitrogen and oxygen atoms in total. The molecule has 3 aromatic rings. The van der Waals surface area contributed by atoms with Crippen molar-refractivity contribution in [1.29, 1.82) is 0 Å². The van der Waals surface area contributed by atoms with Gasteiger partial charge in [-0.3, -0.25) is 9.59 Å². The van der Waals surface area contributed by atoms with Crippen LogP contribution in [0.2, 0.25) is 0 Å². The number of aromatic hydroxyl groups is 1. The maximum Gasteiger partial charge on any atom is 0.198 e. The predicted molar refractivity (Wildman–Crippen MR) is 121 cm³/mol. The van der Waals surface area contributed by atoms with E-state index in [1.807, 2.05) is 0 Å². The van der Waals surface area contributed by atoms with Crippen LogP contribution in [0.3, 0.4) is 0 Å². The second-order valence-corrected chi connectivity index (χ2v) is 8.06. The SMILES string of the molecule is CCC(O)(CC)C(=O)c1ccc2nc3ccc(C(=O)C(O)(CC)CC)c(O)c3cc2c1. The van der Waals surface area contributed by atoms with E-state index < -0.39 is 17.0 Å². The number of fused-ring (bicyclic) bond motifs is 2. The van der Waals surface area contributed by atoms with Crippen molar-refractivity contribution in [3.63, 3.8) is 0 Å². The van der Waals surface area contributed by atoms with Gasteiger partial charge in [0.05, 0.1) is 16.6 Å². The minimum absolute atomic E-state index is 0.0402. The average Bonchev–Trinajstić information content (AvgIpc) is 2.81. The van der Waals surface area contributed by atoms with Gasteiger partial charge in [0.2, 0.25) is 0 Å². The summed E-state index contributed by atoms with van der Waals surface area (Å²) in [6, 6.07) is 9.78. The van der Waals surface area contributed by atoms with Crippen molar-refractivity contribution >= 4 is 33.4 Å².